The molecule has 0 atom stereocenters. The van der Waals surface area contributed by atoms with Gasteiger partial charge in [-0.25, -0.2) is 0 Å². The maximum atomic E-state index is 5.96. The van der Waals surface area contributed by atoms with Gasteiger partial charge in [0.1, 0.15) is 22.8 Å². The van der Waals surface area contributed by atoms with E-state index >= 15 is 0 Å². The Bertz CT molecular complexity index is 804. The van der Waals surface area contributed by atoms with E-state index in [4.69, 9.17) is 26.1 Å². The molecule has 0 saturated heterocycles. The fraction of sp³-hybridized carbons (Fsp3) is 0.133. The Kier molecular flexibility index (Phi) is 3.46. The lowest BCUT2D eigenvalue weighted by atomic mass is 10.2. The van der Waals surface area contributed by atoms with Crippen LogP contribution in [0.15, 0.2) is 40.1 Å². The van der Waals surface area contributed by atoms with Gasteiger partial charge in [-0.3, -0.25) is 0 Å². The third kappa shape index (κ3) is 2.19. The van der Waals surface area contributed by atoms with Gasteiger partial charge in [0, 0.05) is 18.2 Å². The Morgan fingerprint density at radius 1 is 1.15 bits per heavy atom. The molecule has 0 saturated carbocycles. The molecule has 0 spiro atoms. The van der Waals surface area contributed by atoms with Gasteiger partial charge in [-0.1, -0.05) is 18.3 Å². The largest absolute Gasteiger partial charge is 0.496 e. The van der Waals surface area contributed by atoms with Crippen LogP contribution in [0.2, 0.25) is 0 Å². The molecule has 0 radical (unpaired) electrons. The molecule has 0 N–H and O–H groups in total. The lowest BCUT2D eigenvalue weighted by Gasteiger charge is -2.09. The molecule has 0 unspecified atom stereocenters. The summed E-state index contributed by atoms with van der Waals surface area (Å²) < 4.78 is 17.3. The van der Waals surface area contributed by atoms with Crippen molar-refractivity contribution in [2.75, 3.05) is 14.2 Å². The van der Waals surface area contributed by atoms with Crippen molar-refractivity contribution in [3.8, 4) is 22.1 Å². The fourth-order valence-corrected chi connectivity index (χ4v) is 3.03. The summed E-state index contributed by atoms with van der Waals surface area (Å²) >= 11 is 7.08. The number of hydrogen-bond acceptors (Lipinski definition) is 5. The number of hydrogen-bond donors (Lipinski definition) is 0. The molecule has 5 heteroatoms. The number of fused-ring (bicyclic) bond motifs is 1. The second-order valence-electron chi connectivity index (χ2n) is 4.15. The number of rotatable bonds is 3. The van der Waals surface area contributed by atoms with Crippen molar-refractivity contribution < 1.29 is 13.9 Å². The van der Waals surface area contributed by atoms with E-state index in [0.29, 0.717) is 21.6 Å². The molecule has 0 fully saturated rings. The topological polar surface area (TPSA) is 31.6 Å². The van der Waals surface area contributed by atoms with Gasteiger partial charge in [-0.15, -0.1) is 11.3 Å². The molecule has 0 aliphatic rings. The first-order chi connectivity index (χ1) is 9.72. The van der Waals surface area contributed by atoms with Crippen LogP contribution in [0.4, 0.5) is 0 Å². The zero-order chi connectivity index (χ0) is 14.1. The molecule has 0 aliphatic carbocycles. The Morgan fingerprint density at radius 3 is 2.65 bits per heavy atom. The SMILES string of the molecule is COc1cc(OC)c2c(=S)cc(-c3cccs3)oc2c1. The van der Waals surface area contributed by atoms with Crippen LogP contribution >= 0.6 is 23.6 Å². The molecule has 3 aromatic rings. The predicted octanol–water partition coefficient (Wildman–Crippen LogP) is 4.91. The summed E-state index contributed by atoms with van der Waals surface area (Å²) in [5, 5.41) is 2.80. The second kappa shape index (κ2) is 5.26. The average molecular weight is 304 g/mol. The van der Waals surface area contributed by atoms with Crippen molar-refractivity contribution in [3.05, 3.63) is 40.2 Å². The normalized spacial score (nSPS) is 10.7. The van der Waals surface area contributed by atoms with Gasteiger partial charge in [-0.05, 0) is 11.4 Å². The lowest BCUT2D eigenvalue weighted by Crippen LogP contribution is -1.90. The van der Waals surface area contributed by atoms with Gasteiger partial charge in [0.2, 0.25) is 0 Å². The number of benzene rings is 1. The first-order valence-electron chi connectivity index (χ1n) is 5.96. The number of ether oxygens (including phenoxy) is 2. The van der Waals surface area contributed by atoms with Crippen molar-refractivity contribution in [1.29, 1.82) is 0 Å². The molecular weight excluding hydrogens is 292 g/mol. The summed E-state index contributed by atoms with van der Waals surface area (Å²) in [6, 6.07) is 9.47. The van der Waals surface area contributed by atoms with E-state index < -0.39 is 0 Å². The Balaban J connectivity index is 2.33. The predicted molar refractivity (Wildman–Crippen MR) is 83.5 cm³/mol. The lowest BCUT2D eigenvalue weighted by molar-refractivity contribution is 0.396. The third-order valence-electron chi connectivity index (χ3n) is 2.99. The number of thiophene rings is 1. The summed E-state index contributed by atoms with van der Waals surface area (Å²) in [6.07, 6.45) is 0. The van der Waals surface area contributed by atoms with E-state index in [-0.39, 0.29) is 0 Å². The first-order valence-corrected chi connectivity index (χ1v) is 7.25. The molecule has 20 heavy (non-hydrogen) atoms. The summed E-state index contributed by atoms with van der Waals surface area (Å²) in [5.74, 6) is 2.09. The van der Waals surface area contributed by atoms with Gasteiger partial charge in [0.25, 0.3) is 0 Å². The van der Waals surface area contributed by atoms with E-state index in [0.717, 1.165) is 16.0 Å². The highest BCUT2D eigenvalue weighted by Crippen LogP contribution is 2.36. The maximum absolute atomic E-state index is 5.96. The smallest absolute Gasteiger partial charge is 0.146 e. The van der Waals surface area contributed by atoms with Crippen LogP contribution in [0.5, 0.6) is 11.5 Å². The minimum Gasteiger partial charge on any atom is -0.496 e. The summed E-state index contributed by atoms with van der Waals surface area (Å²) in [7, 11) is 3.22. The minimum absolute atomic E-state index is 0.658. The third-order valence-corrected chi connectivity index (χ3v) is 4.19. The molecular formula is C15H12O3S2. The maximum Gasteiger partial charge on any atom is 0.146 e. The van der Waals surface area contributed by atoms with Crippen LogP contribution in [0, 0.1) is 4.51 Å². The summed E-state index contributed by atoms with van der Waals surface area (Å²) in [5.41, 5.74) is 0.664. The Hall–Kier alpha value is -1.85. The minimum atomic E-state index is 0.658. The highest BCUT2D eigenvalue weighted by molar-refractivity contribution is 7.71. The molecule has 1 aromatic carbocycles. The molecule has 2 heterocycles. The molecule has 102 valence electrons. The fourth-order valence-electron chi connectivity index (χ4n) is 2.05. The Morgan fingerprint density at radius 2 is 2.00 bits per heavy atom. The van der Waals surface area contributed by atoms with E-state index in [9.17, 15) is 0 Å². The zero-order valence-corrected chi connectivity index (χ0v) is 12.6. The van der Waals surface area contributed by atoms with Crippen molar-refractivity contribution >= 4 is 34.5 Å². The van der Waals surface area contributed by atoms with E-state index in [1.165, 1.54) is 0 Å². The van der Waals surface area contributed by atoms with E-state index in [1.807, 2.05) is 29.6 Å². The molecule has 0 aliphatic heterocycles. The van der Waals surface area contributed by atoms with E-state index in [2.05, 4.69) is 0 Å². The van der Waals surface area contributed by atoms with Crippen LogP contribution in [-0.4, -0.2) is 14.2 Å². The van der Waals surface area contributed by atoms with Crippen LogP contribution in [0.3, 0.4) is 0 Å². The first kappa shape index (κ1) is 13.1. The van der Waals surface area contributed by atoms with Crippen LogP contribution in [-0.2, 0) is 0 Å². The van der Waals surface area contributed by atoms with Crippen molar-refractivity contribution in [1.82, 2.24) is 0 Å². The molecule has 3 rings (SSSR count). The van der Waals surface area contributed by atoms with Gasteiger partial charge in [0.15, 0.2) is 0 Å². The molecule has 0 bridgehead atoms. The summed E-state index contributed by atoms with van der Waals surface area (Å²) in [4.78, 5) is 1.04. The molecule has 2 aromatic heterocycles. The van der Waals surface area contributed by atoms with Gasteiger partial charge in [-0.2, -0.15) is 0 Å². The van der Waals surface area contributed by atoms with E-state index in [1.54, 1.807) is 31.6 Å². The molecule has 3 nitrogen and oxygen atoms in total. The van der Waals surface area contributed by atoms with Crippen molar-refractivity contribution in [2.45, 2.75) is 0 Å². The van der Waals surface area contributed by atoms with Crippen molar-refractivity contribution in [2.24, 2.45) is 0 Å². The Labute approximate surface area is 125 Å². The highest BCUT2D eigenvalue weighted by Gasteiger charge is 2.12. The van der Waals surface area contributed by atoms with Crippen LogP contribution in [0.1, 0.15) is 0 Å². The monoisotopic (exact) mass is 304 g/mol. The quantitative estimate of drug-likeness (QED) is 0.644. The second-order valence-corrected chi connectivity index (χ2v) is 5.54. The van der Waals surface area contributed by atoms with Crippen molar-refractivity contribution in [3.63, 3.8) is 0 Å². The van der Waals surface area contributed by atoms with Gasteiger partial charge < -0.3 is 13.9 Å². The summed E-state index contributed by atoms with van der Waals surface area (Å²) in [6.45, 7) is 0. The number of methoxy groups -OCH3 is 2. The molecule has 0 amide bonds. The standard InChI is InChI=1S/C15H12O3S2/c1-16-9-6-11(17-2)15-12(7-9)18-10(8-13(15)19)14-4-3-5-20-14/h3-8H,1-2H3. The van der Waals surface area contributed by atoms with Gasteiger partial charge >= 0.3 is 0 Å². The van der Waals surface area contributed by atoms with Crippen LogP contribution < -0.4 is 9.47 Å². The van der Waals surface area contributed by atoms with Gasteiger partial charge in [0.05, 0.1) is 29.0 Å². The average Bonchev–Trinajstić information content (AvgIpc) is 2.99. The highest BCUT2D eigenvalue weighted by atomic mass is 32.1. The van der Waals surface area contributed by atoms with Crippen LogP contribution in [0.25, 0.3) is 21.6 Å². The zero-order valence-electron chi connectivity index (χ0n) is 11.0.